The Labute approximate surface area is 142 Å². The highest BCUT2D eigenvalue weighted by molar-refractivity contribution is 14.1. The zero-order chi connectivity index (χ0) is 16.1. The third kappa shape index (κ3) is 12.9. The van der Waals surface area contributed by atoms with E-state index >= 15 is 0 Å². The Balaban J connectivity index is 4.01. The maximum atomic E-state index is 12.0. The summed E-state index contributed by atoms with van der Waals surface area (Å²) < 4.78 is 11.8. The molecule has 1 N–H and O–H groups in total. The fourth-order valence-corrected chi connectivity index (χ4v) is 1.84. The molecule has 0 aromatic heterocycles. The van der Waals surface area contributed by atoms with Gasteiger partial charge in [0, 0.05) is 30.7 Å². The highest BCUT2D eigenvalue weighted by Gasteiger charge is 2.21. The summed E-state index contributed by atoms with van der Waals surface area (Å²) >= 11 is 2.27. The Hall–Kier alpha value is -0.520. The minimum absolute atomic E-state index is 0.340. The van der Waals surface area contributed by atoms with Crippen molar-refractivity contribution in [2.24, 2.45) is 0 Å². The lowest BCUT2D eigenvalue weighted by Crippen LogP contribution is -2.39. The minimum atomic E-state index is -0.503. The molecule has 0 heterocycles. The van der Waals surface area contributed by atoms with Crippen molar-refractivity contribution >= 4 is 28.7 Å². The van der Waals surface area contributed by atoms with E-state index in [1.54, 1.807) is 4.90 Å². The molecule has 0 radical (unpaired) electrons. The fourth-order valence-electron chi connectivity index (χ4n) is 1.46. The molecule has 0 atom stereocenters. The van der Waals surface area contributed by atoms with Crippen molar-refractivity contribution in [3.63, 3.8) is 0 Å². The van der Waals surface area contributed by atoms with Crippen LogP contribution in [-0.2, 0) is 9.47 Å². The van der Waals surface area contributed by atoms with Crippen LogP contribution in [0, 0.1) is 12.3 Å². The van der Waals surface area contributed by atoms with Crippen molar-refractivity contribution < 1.29 is 14.3 Å². The number of nitrogens with one attached hydrogen (secondary N) is 1. The van der Waals surface area contributed by atoms with E-state index in [1.807, 2.05) is 20.8 Å². The van der Waals surface area contributed by atoms with E-state index in [1.165, 1.54) is 0 Å². The van der Waals surface area contributed by atoms with Crippen LogP contribution >= 0.6 is 22.6 Å². The second kappa shape index (κ2) is 12.1. The lowest BCUT2D eigenvalue weighted by molar-refractivity contribution is 0.0179. The number of hydrogen-bond donors (Lipinski definition) is 1. The highest BCUT2D eigenvalue weighted by atomic mass is 127. The Morgan fingerprint density at radius 3 is 2.62 bits per heavy atom. The zero-order valence-corrected chi connectivity index (χ0v) is 15.4. The molecule has 1 amide bonds. The Bertz CT molecular complexity index is 324. The molecular formula is C15H27IN2O3. The Morgan fingerprint density at radius 2 is 2.05 bits per heavy atom. The molecule has 0 saturated carbocycles. The van der Waals surface area contributed by atoms with Crippen molar-refractivity contribution in [3.8, 4) is 12.3 Å². The summed E-state index contributed by atoms with van der Waals surface area (Å²) in [4.78, 5) is 13.6. The van der Waals surface area contributed by atoms with Gasteiger partial charge in [0.1, 0.15) is 5.60 Å². The second-order valence-corrected chi connectivity index (χ2v) is 6.28. The molecule has 5 nitrogen and oxygen atoms in total. The average Bonchev–Trinajstić information content (AvgIpc) is 2.39. The molecule has 0 aliphatic carbocycles. The van der Waals surface area contributed by atoms with Crippen LogP contribution in [0.2, 0.25) is 0 Å². The highest BCUT2D eigenvalue weighted by Crippen LogP contribution is 2.10. The lowest BCUT2D eigenvalue weighted by Gasteiger charge is -2.27. The topological polar surface area (TPSA) is 50.8 Å². The standard InChI is InChI=1S/C15H27IN2O3/c1-5-6-9-18(14(19)21-15(2,3)4)10-12-20-11-7-8-17-13-16/h1,17H,6-13H2,2-4H3. The smallest absolute Gasteiger partial charge is 0.410 e. The number of rotatable bonds is 10. The number of amides is 1. The molecule has 0 unspecified atom stereocenters. The van der Waals surface area contributed by atoms with Crippen LogP contribution in [-0.4, -0.2) is 54.0 Å². The van der Waals surface area contributed by atoms with Crippen LogP contribution in [0.3, 0.4) is 0 Å². The number of halogens is 1. The molecule has 0 spiro atoms. The van der Waals surface area contributed by atoms with Crippen molar-refractivity contribution in [1.82, 2.24) is 10.2 Å². The van der Waals surface area contributed by atoms with Gasteiger partial charge in [-0.25, -0.2) is 4.79 Å². The first-order chi connectivity index (χ1) is 9.90. The lowest BCUT2D eigenvalue weighted by atomic mass is 10.2. The summed E-state index contributed by atoms with van der Waals surface area (Å²) in [5.41, 5.74) is -0.503. The first-order valence-corrected chi connectivity index (χ1v) is 8.69. The summed E-state index contributed by atoms with van der Waals surface area (Å²) in [5, 5.41) is 3.22. The number of carbonyl (C=O) groups is 1. The molecule has 0 aliphatic heterocycles. The third-order valence-corrected chi connectivity index (χ3v) is 2.96. The zero-order valence-electron chi connectivity index (χ0n) is 13.3. The summed E-state index contributed by atoms with van der Waals surface area (Å²) in [6, 6.07) is 0. The van der Waals surface area contributed by atoms with Gasteiger partial charge in [-0.3, -0.25) is 0 Å². The Morgan fingerprint density at radius 1 is 1.33 bits per heavy atom. The van der Waals surface area contributed by atoms with Gasteiger partial charge in [0.25, 0.3) is 0 Å². The average molecular weight is 410 g/mol. The molecule has 0 saturated heterocycles. The largest absolute Gasteiger partial charge is 0.444 e. The second-order valence-electron chi connectivity index (χ2n) is 5.52. The van der Waals surface area contributed by atoms with Crippen molar-refractivity contribution in [2.75, 3.05) is 37.4 Å². The van der Waals surface area contributed by atoms with E-state index in [4.69, 9.17) is 15.9 Å². The Kier molecular flexibility index (Phi) is 11.8. The van der Waals surface area contributed by atoms with Crippen molar-refractivity contribution in [3.05, 3.63) is 0 Å². The predicted octanol–water partition coefficient (Wildman–Crippen LogP) is 2.64. The van der Waals surface area contributed by atoms with E-state index in [2.05, 4.69) is 33.8 Å². The summed E-state index contributed by atoms with van der Waals surface area (Å²) in [6.45, 7) is 8.65. The van der Waals surface area contributed by atoms with Gasteiger partial charge >= 0.3 is 6.09 Å². The molecule has 0 rings (SSSR count). The quantitative estimate of drug-likeness (QED) is 0.198. The van der Waals surface area contributed by atoms with Gasteiger partial charge in [-0.1, -0.05) is 22.6 Å². The van der Waals surface area contributed by atoms with Crippen molar-refractivity contribution in [1.29, 1.82) is 0 Å². The van der Waals surface area contributed by atoms with Crippen LogP contribution < -0.4 is 5.32 Å². The fraction of sp³-hybridized carbons (Fsp3) is 0.800. The molecule has 0 bridgehead atoms. The first kappa shape index (κ1) is 20.5. The van der Waals surface area contributed by atoms with E-state index in [9.17, 15) is 4.79 Å². The molecule has 6 heteroatoms. The minimum Gasteiger partial charge on any atom is -0.444 e. The normalized spacial score (nSPS) is 11.0. The van der Waals surface area contributed by atoms with Gasteiger partial charge in [0.05, 0.1) is 6.61 Å². The van der Waals surface area contributed by atoms with E-state index in [0.29, 0.717) is 32.7 Å². The van der Waals surface area contributed by atoms with Gasteiger partial charge in [-0.2, -0.15) is 0 Å². The summed E-state index contributed by atoms with van der Waals surface area (Å²) in [7, 11) is 0. The number of hydrogen-bond acceptors (Lipinski definition) is 4. The molecule has 0 aromatic rings. The number of terminal acetylenes is 1. The van der Waals surface area contributed by atoms with Crippen LogP contribution in [0.4, 0.5) is 4.79 Å². The molecule has 0 aromatic carbocycles. The molecule has 0 fully saturated rings. The van der Waals surface area contributed by atoms with Gasteiger partial charge in [0.2, 0.25) is 0 Å². The summed E-state index contributed by atoms with van der Waals surface area (Å²) in [6.07, 6.45) is 6.39. The number of carbonyl (C=O) groups excluding carboxylic acids is 1. The number of nitrogens with zero attached hydrogens (tertiary/aromatic N) is 1. The van der Waals surface area contributed by atoms with Gasteiger partial charge in [-0.15, -0.1) is 12.3 Å². The molecule has 0 aliphatic rings. The molecule has 122 valence electrons. The van der Waals surface area contributed by atoms with E-state index in [0.717, 1.165) is 17.5 Å². The predicted molar refractivity (Wildman–Crippen MR) is 93.6 cm³/mol. The monoisotopic (exact) mass is 410 g/mol. The molecular weight excluding hydrogens is 383 g/mol. The maximum Gasteiger partial charge on any atom is 0.410 e. The number of ether oxygens (including phenoxy) is 2. The van der Waals surface area contributed by atoms with Crippen LogP contribution in [0.25, 0.3) is 0 Å². The van der Waals surface area contributed by atoms with Crippen LogP contribution in [0.1, 0.15) is 33.6 Å². The van der Waals surface area contributed by atoms with Crippen LogP contribution in [0.5, 0.6) is 0 Å². The van der Waals surface area contributed by atoms with Gasteiger partial charge < -0.3 is 19.7 Å². The third-order valence-electron chi connectivity index (χ3n) is 2.42. The number of alkyl halides is 1. The van der Waals surface area contributed by atoms with E-state index < -0.39 is 5.60 Å². The van der Waals surface area contributed by atoms with Crippen LogP contribution in [0.15, 0.2) is 0 Å². The van der Waals surface area contributed by atoms with Crippen molar-refractivity contribution in [2.45, 2.75) is 39.2 Å². The van der Waals surface area contributed by atoms with Gasteiger partial charge in [0.15, 0.2) is 0 Å². The summed E-state index contributed by atoms with van der Waals surface area (Å²) in [5.74, 6) is 2.54. The maximum absolute atomic E-state index is 12.0. The van der Waals surface area contributed by atoms with Gasteiger partial charge in [-0.05, 0) is 33.7 Å². The SMILES string of the molecule is C#CCCN(CCOCCCNCI)C(=O)OC(C)(C)C. The molecule has 21 heavy (non-hydrogen) atoms. The first-order valence-electron chi connectivity index (χ1n) is 7.16. The van der Waals surface area contributed by atoms with E-state index in [-0.39, 0.29) is 6.09 Å².